The lowest BCUT2D eigenvalue weighted by Crippen LogP contribution is -2.55. The van der Waals surface area contributed by atoms with E-state index >= 15 is 0 Å². The molecule has 1 aliphatic heterocycles. The Labute approximate surface area is 200 Å². The maximum atomic E-state index is 12.6. The van der Waals surface area contributed by atoms with Crippen LogP contribution in [0.1, 0.15) is 52.9 Å². The number of hydrogen-bond acceptors (Lipinski definition) is 7. The number of nitrogens with one attached hydrogen (secondary N) is 1. The summed E-state index contributed by atoms with van der Waals surface area (Å²) in [6, 6.07) is 10.4. The molecule has 3 N–H and O–H groups in total. The molecule has 2 aliphatic rings. The highest BCUT2D eigenvalue weighted by Gasteiger charge is 2.47. The van der Waals surface area contributed by atoms with Gasteiger partial charge in [0.2, 0.25) is 10.0 Å². The van der Waals surface area contributed by atoms with Crippen molar-refractivity contribution in [1.82, 2.24) is 10.2 Å². The van der Waals surface area contributed by atoms with Crippen molar-refractivity contribution in [1.29, 1.82) is 0 Å². The fourth-order valence-corrected chi connectivity index (χ4v) is 6.63. The zero-order valence-corrected chi connectivity index (χ0v) is 21.1. The van der Waals surface area contributed by atoms with Gasteiger partial charge < -0.3 is 4.90 Å². The van der Waals surface area contributed by atoms with E-state index in [1.165, 1.54) is 11.0 Å². The van der Waals surface area contributed by atoms with Gasteiger partial charge in [-0.15, -0.1) is 11.8 Å². The van der Waals surface area contributed by atoms with Gasteiger partial charge in [0.05, 0.1) is 11.3 Å². The van der Waals surface area contributed by atoms with Crippen LogP contribution in [-0.4, -0.2) is 47.0 Å². The molecule has 1 aromatic rings. The first-order chi connectivity index (χ1) is 15.5. The fraction of sp³-hybridized carbons (Fsp3) is 0.565. The van der Waals surface area contributed by atoms with Gasteiger partial charge in [-0.1, -0.05) is 25.1 Å². The van der Waals surface area contributed by atoms with Crippen LogP contribution in [0.2, 0.25) is 0 Å². The SMILES string of the molecule is CC(CCCN[C@]1(S(N)(=O)=O)C=CC(N2[C@H](C)CC[C@@H]2C)=C([N+](=O)[O-])C1)Sc1ccccc1. The van der Waals surface area contributed by atoms with E-state index in [1.54, 1.807) is 17.8 Å². The van der Waals surface area contributed by atoms with E-state index in [9.17, 15) is 18.5 Å². The second-order valence-electron chi connectivity index (χ2n) is 9.03. The lowest BCUT2D eigenvalue weighted by atomic mass is 10.0. The van der Waals surface area contributed by atoms with Crippen LogP contribution in [0.15, 0.2) is 58.8 Å². The molecule has 1 aliphatic carbocycles. The highest BCUT2D eigenvalue weighted by Crippen LogP contribution is 2.37. The predicted octanol–water partition coefficient (Wildman–Crippen LogP) is 3.84. The Balaban J connectivity index is 1.69. The largest absolute Gasteiger partial charge is 0.361 e. The van der Waals surface area contributed by atoms with E-state index in [-0.39, 0.29) is 24.2 Å². The zero-order chi connectivity index (χ0) is 24.2. The summed E-state index contributed by atoms with van der Waals surface area (Å²) in [4.78, 5) is 13.0. The van der Waals surface area contributed by atoms with Crippen LogP contribution >= 0.6 is 11.8 Å². The molecule has 1 unspecified atom stereocenters. The molecule has 3 rings (SSSR count). The monoisotopic (exact) mass is 494 g/mol. The quantitative estimate of drug-likeness (QED) is 0.219. The Hall–Kier alpha value is -1.88. The fourth-order valence-electron chi connectivity index (χ4n) is 4.67. The summed E-state index contributed by atoms with van der Waals surface area (Å²) in [5.41, 5.74) is 0.388. The van der Waals surface area contributed by atoms with Crippen LogP contribution in [0.3, 0.4) is 0 Å². The van der Waals surface area contributed by atoms with Gasteiger partial charge in [0.1, 0.15) is 5.70 Å². The predicted molar refractivity (Wildman–Crippen MR) is 133 cm³/mol. The number of thioether (sulfide) groups is 1. The van der Waals surface area contributed by atoms with E-state index in [0.717, 1.165) is 25.7 Å². The third-order valence-electron chi connectivity index (χ3n) is 6.49. The molecule has 0 saturated carbocycles. The molecule has 1 fully saturated rings. The molecular weight excluding hydrogens is 460 g/mol. The molecule has 1 aromatic carbocycles. The van der Waals surface area contributed by atoms with Crippen LogP contribution in [0.5, 0.6) is 0 Å². The van der Waals surface area contributed by atoms with Gasteiger partial charge in [-0.05, 0) is 70.4 Å². The third-order valence-corrected chi connectivity index (χ3v) is 9.11. The first-order valence-corrected chi connectivity index (χ1v) is 13.8. The summed E-state index contributed by atoms with van der Waals surface area (Å²) in [7, 11) is -4.14. The van der Waals surface area contributed by atoms with Crippen molar-refractivity contribution in [3.05, 3.63) is 64.0 Å². The molecular formula is C23H34N4O4S2. The molecule has 1 heterocycles. The maximum absolute atomic E-state index is 12.6. The molecule has 8 nitrogen and oxygen atoms in total. The molecule has 182 valence electrons. The van der Waals surface area contributed by atoms with Gasteiger partial charge >= 0.3 is 0 Å². The molecule has 0 radical (unpaired) electrons. The van der Waals surface area contributed by atoms with Gasteiger partial charge in [-0.2, -0.15) is 0 Å². The standard InChI is InChI=1S/C23H34N4O4S2/c1-17-11-12-18(2)26(17)21-13-14-23(33(24,30)31,16-22(21)27(28)29)25-15-7-8-19(3)32-20-9-5-4-6-10-20/h4-6,9-10,13-14,17-19,25H,7-8,11-12,15-16H2,1-3H3,(H2,24,30,31)/t17-,18+,19?,23-/m0/s1. The van der Waals surface area contributed by atoms with Crippen molar-refractivity contribution < 1.29 is 13.3 Å². The van der Waals surface area contributed by atoms with Gasteiger partial charge in [-0.25, -0.2) is 13.6 Å². The van der Waals surface area contributed by atoms with Crippen molar-refractivity contribution in [3.8, 4) is 0 Å². The molecule has 10 heteroatoms. The Kier molecular flexibility index (Phi) is 8.26. The van der Waals surface area contributed by atoms with Crippen molar-refractivity contribution in [2.24, 2.45) is 5.14 Å². The number of sulfonamides is 1. The lowest BCUT2D eigenvalue weighted by molar-refractivity contribution is -0.430. The van der Waals surface area contributed by atoms with Gasteiger partial charge in [0.25, 0.3) is 5.70 Å². The normalized spacial score (nSPS) is 26.6. The number of nitro groups is 1. The number of rotatable bonds is 10. The van der Waals surface area contributed by atoms with Crippen molar-refractivity contribution in [2.75, 3.05) is 6.54 Å². The first kappa shape index (κ1) is 25.7. The van der Waals surface area contributed by atoms with E-state index < -0.39 is 19.8 Å². The smallest absolute Gasteiger partial charge is 0.272 e. The highest BCUT2D eigenvalue weighted by atomic mass is 32.2. The molecule has 4 atom stereocenters. The summed E-state index contributed by atoms with van der Waals surface area (Å²) in [5, 5.41) is 21.0. The van der Waals surface area contributed by atoms with Crippen molar-refractivity contribution in [3.63, 3.8) is 0 Å². The molecule has 1 saturated heterocycles. The molecule has 0 amide bonds. The minimum Gasteiger partial charge on any atom is -0.361 e. The maximum Gasteiger partial charge on any atom is 0.272 e. The number of primary sulfonamides is 1. The average Bonchev–Trinajstić information content (AvgIpc) is 3.09. The van der Waals surface area contributed by atoms with Crippen LogP contribution in [0.4, 0.5) is 0 Å². The molecule has 33 heavy (non-hydrogen) atoms. The van der Waals surface area contributed by atoms with E-state index in [1.807, 2.05) is 36.9 Å². The highest BCUT2D eigenvalue weighted by molar-refractivity contribution is 7.99. The van der Waals surface area contributed by atoms with Crippen molar-refractivity contribution in [2.45, 2.75) is 80.0 Å². The number of nitrogens with zero attached hydrogens (tertiary/aromatic N) is 2. The lowest BCUT2D eigenvalue weighted by Gasteiger charge is -2.36. The van der Waals surface area contributed by atoms with Gasteiger partial charge in [0, 0.05) is 22.2 Å². The zero-order valence-electron chi connectivity index (χ0n) is 19.4. The van der Waals surface area contributed by atoms with E-state index in [2.05, 4.69) is 24.4 Å². The first-order valence-electron chi connectivity index (χ1n) is 11.4. The second-order valence-corrected chi connectivity index (χ2v) is 12.4. The minimum absolute atomic E-state index is 0.104. The topological polar surface area (TPSA) is 119 Å². The van der Waals surface area contributed by atoms with E-state index in [4.69, 9.17) is 5.14 Å². The number of benzene rings is 1. The van der Waals surface area contributed by atoms with Crippen molar-refractivity contribution >= 4 is 21.8 Å². The summed E-state index contributed by atoms with van der Waals surface area (Å²) >= 11 is 1.77. The van der Waals surface area contributed by atoms with Gasteiger partial charge in [-0.3, -0.25) is 15.4 Å². The molecule has 0 aromatic heterocycles. The minimum atomic E-state index is -4.14. The third kappa shape index (κ3) is 5.98. The Morgan fingerprint density at radius 2 is 1.91 bits per heavy atom. The van der Waals surface area contributed by atoms with Crippen LogP contribution in [0.25, 0.3) is 0 Å². The summed E-state index contributed by atoms with van der Waals surface area (Å²) in [5.74, 6) is 0. The Morgan fingerprint density at radius 3 is 2.48 bits per heavy atom. The summed E-state index contributed by atoms with van der Waals surface area (Å²) in [6.07, 6.45) is 6.26. The number of hydrogen-bond donors (Lipinski definition) is 2. The average molecular weight is 495 g/mol. The summed E-state index contributed by atoms with van der Waals surface area (Å²) in [6.45, 7) is 6.59. The molecule has 0 spiro atoms. The Morgan fingerprint density at radius 1 is 1.27 bits per heavy atom. The van der Waals surface area contributed by atoms with Crippen LogP contribution in [-0.2, 0) is 10.0 Å². The molecule has 0 bridgehead atoms. The number of nitrogens with two attached hydrogens (primary N) is 1. The summed E-state index contributed by atoms with van der Waals surface area (Å²) < 4.78 is 25.2. The Bertz CT molecular complexity index is 1000. The number of likely N-dealkylation sites (tertiary alicyclic amines) is 1. The number of allylic oxidation sites excluding steroid dienone is 1. The van der Waals surface area contributed by atoms with Crippen LogP contribution in [0, 0.1) is 10.1 Å². The van der Waals surface area contributed by atoms with Gasteiger partial charge in [0.15, 0.2) is 4.87 Å². The van der Waals surface area contributed by atoms with Crippen LogP contribution < -0.4 is 10.5 Å². The van der Waals surface area contributed by atoms with E-state index in [0.29, 0.717) is 17.5 Å². The second kappa shape index (κ2) is 10.6.